The van der Waals surface area contributed by atoms with Gasteiger partial charge in [-0.15, -0.1) is 0 Å². The lowest BCUT2D eigenvalue weighted by atomic mass is 10.5. The first kappa shape index (κ1) is 7.50. The number of hydrogen-bond acceptors (Lipinski definition) is 2. The lowest BCUT2D eigenvalue weighted by Crippen LogP contribution is -1.89. The zero-order chi connectivity index (χ0) is 7.56. The predicted molar refractivity (Wildman–Crippen MR) is 41.2 cm³/mol. The molecule has 56 valence electrons. The van der Waals surface area contributed by atoms with Gasteiger partial charge in [0.1, 0.15) is 0 Å². The number of nitrogens with zero attached hydrogens (tertiary/aromatic N) is 1. The Morgan fingerprint density at radius 1 is 1.80 bits per heavy atom. The molecule has 10 heavy (non-hydrogen) atoms. The van der Waals surface area contributed by atoms with Crippen LogP contribution in [0.4, 0.5) is 0 Å². The first-order valence-corrected chi connectivity index (χ1v) is 3.58. The summed E-state index contributed by atoms with van der Waals surface area (Å²) in [5, 5.41) is 8.68. The third kappa shape index (κ3) is 1.27. The van der Waals surface area contributed by atoms with Crippen LogP contribution in [0.2, 0.25) is 0 Å². The Morgan fingerprint density at radius 2 is 2.50 bits per heavy atom. The van der Waals surface area contributed by atoms with Gasteiger partial charge in [-0.25, -0.2) is 0 Å². The van der Waals surface area contributed by atoms with E-state index in [0.29, 0.717) is 4.77 Å². The first-order chi connectivity index (χ1) is 4.77. The summed E-state index contributed by atoms with van der Waals surface area (Å²) in [6.07, 6.45) is 1.82. The van der Waals surface area contributed by atoms with Crippen molar-refractivity contribution >= 4 is 12.2 Å². The van der Waals surface area contributed by atoms with Gasteiger partial charge in [-0.2, -0.15) is 0 Å². The van der Waals surface area contributed by atoms with Crippen molar-refractivity contribution in [3.63, 3.8) is 0 Å². The van der Waals surface area contributed by atoms with E-state index in [-0.39, 0.29) is 6.61 Å². The normalized spacial score (nSPS) is 10.2. The summed E-state index contributed by atoms with van der Waals surface area (Å²) in [4.78, 5) is 2.87. The molecule has 0 bridgehead atoms. The molecule has 0 saturated heterocycles. The van der Waals surface area contributed by atoms with Gasteiger partial charge in [0.15, 0.2) is 4.77 Å². The Morgan fingerprint density at radius 3 is 2.80 bits per heavy atom. The van der Waals surface area contributed by atoms with Crippen LogP contribution in [-0.2, 0) is 13.2 Å². The number of aromatic nitrogens is 2. The quantitative estimate of drug-likeness (QED) is 0.632. The van der Waals surface area contributed by atoms with E-state index >= 15 is 0 Å². The van der Waals surface area contributed by atoms with Crippen LogP contribution in [0.5, 0.6) is 0 Å². The van der Waals surface area contributed by atoms with Crippen LogP contribution in [-0.4, -0.2) is 14.7 Å². The third-order valence-electron chi connectivity index (χ3n) is 1.35. The molecule has 0 saturated carbocycles. The molecule has 3 nitrogen and oxygen atoms in total. The number of nitrogens with one attached hydrogen (secondary N) is 1. The number of hydrogen-bond donors (Lipinski definition) is 2. The molecule has 1 aromatic heterocycles. The summed E-state index contributed by atoms with van der Waals surface area (Å²) in [6, 6.07) is 0. The van der Waals surface area contributed by atoms with Gasteiger partial charge < -0.3 is 14.7 Å². The molecule has 0 aliphatic rings. The van der Waals surface area contributed by atoms with Gasteiger partial charge in [0.25, 0.3) is 0 Å². The number of aliphatic hydroxyl groups is 1. The van der Waals surface area contributed by atoms with Gasteiger partial charge in [0.2, 0.25) is 0 Å². The summed E-state index contributed by atoms with van der Waals surface area (Å²) in [5.41, 5.74) is 0.770. The predicted octanol–water partition coefficient (Wildman–Crippen LogP) is 1.06. The molecule has 4 heteroatoms. The number of imidazole rings is 1. The highest BCUT2D eigenvalue weighted by molar-refractivity contribution is 7.71. The fourth-order valence-electron chi connectivity index (χ4n) is 0.803. The SMILES string of the molecule is CCn1cc(CO)[nH]c1=S. The van der Waals surface area contributed by atoms with Gasteiger partial charge in [-0.3, -0.25) is 0 Å². The van der Waals surface area contributed by atoms with Crippen LogP contribution in [0, 0.1) is 4.77 Å². The number of aryl methyl sites for hydroxylation is 1. The zero-order valence-electron chi connectivity index (χ0n) is 5.79. The number of aromatic amines is 1. The summed E-state index contributed by atoms with van der Waals surface area (Å²) < 4.78 is 2.55. The summed E-state index contributed by atoms with van der Waals surface area (Å²) in [6.45, 7) is 2.87. The molecule has 0 aliphatic carbocycles. The summed E-state index contributed by atoms with van der Waals surface area (Å²) in [7, 11) is 0. The van der Waals surface area contributed by atoms with Crippen molar-refractivity contribution in [1.82, 2.24) is 9.55 Å². The van der Waals surface area contributed by atoms with Crippen LogP contribution in [0.15, 0.2) is 6.20 Å². The maximum Gasteiger partial charge on any atom is 0.177 e. The van der Waals surface area contributed by atoms with E-state index in [4.69, 9.17) is 17.3 Å². The Hall–Kier alpha value is -0.610. The van der Waals surface area contributed by atoms with E-state index in [2.05, 4.69) is 4.98 Å². The van der Waals surface area contributed by atoms with Gasteiger partial charge >= 0.3 is 0 Å². The van der Waals surface area contributed by atoms with E-state index in [1.165, 1.54) is 0 Å². The molecule has 0 aliphatic heterocycles. The third-order valence-corrected chi connectivity index (χ3v) is 1.69. The van der Waals surface area contributed by atoms with E-state index in [0.717, 1.165) is 12.2 Å². The fourth-order valence-corrected chi connectivity index (χ4v) is 1.12. The lowest BCUT2D eigenvalue weighted by molar-refractivity contribution is 0.277. The Balaban J connectivity index is 3.04. The zero-order valence-corrected chi connectivity index (χ0v) is 6.61. The molecular weight excluding hydrogens is 148 g/mol. The number of H-pyrrole nitrogens is 1. The van der Waals surface area contributed by atoms with E-state index < -0.39 is 0 Å². The fraction of sp³-hybridized carbons (Fsp3) is 0.500. The van der Waals surface area contributed by atoms with Crippen molar-refractivity contribution in [3.8, 4) is 0 Å². The van der Waals surface area contributed by atoms with Crippen molar-refractivity contribution in [2.24, 2.45) is 0 Å². The molecule has 0 spiro atoms. The van der Waals surface area contributed by atoms with Crippen molar-refractivity contribution in [2.45, 2.75) is 20.1 Å². The molecule has 0 amide bonds. The lowest BCUT2D eigenvalue weighted by Gasteiger charge is -1.90. The molecule has 1 aromatic rings. The molecule has 0 atom stereocenters. The van der Waals surface area contributed by atoms with Gasteiger partial charge in [0, 0.05) is 12.7 Å². The molecule has 2 N–H and O–H groups in total. The van der Waals surface area contributed by atoms with Gasteiger partial charge in [0.05, 0.1) is 12.3 Å². The van der Waals surface area contributed by atoms with Gasteiger partial charge in [-0.1, -0.05) is 0 Å². The van der Waals surface area contributed by atoms with Crippen LogP contribution < -0.4 is 0 Å². The highest BCUT2D eigenvalue weighted by Gasteiger charge is 1.94. The molecule has 0 unspecified atom stereocenters. The summed E-state index contributed by atoms with van der Waals surface area (Å²) in [5.74, 6) is 0. The Kier molecular flexibility index (Phi) is 2.24. The number of rotatable bonds is 2. The minimum atomic E-state index is 0.0244. The van der Waals surface area contributed by atoms with E-state index in [1.54, 1.807) is 0 Å². The Labute approximate surface area is 64.3 Å². The maximum absolute atomic E-state index is 8.68. The van der Waals surface area contributed by atoms with Crippen LogP contribution in [0.25, 0.3) is 0 Å². The van der Waals surface area contributed by atoms with Crippen LogP contribution >= 0.6 is 12.2 Å². The van der Waals surface area contributed by atoms with E-state index in [9.17, 15) is 0 Å². The average molecular weight is 158 g/mol. The van der Waals surface area contributed by atoms with Crippen molar-refractivity contribution in [3.05, 3.63) is 16.7 Å². The van der Waals surface area contributed by atoms with Crippen molar-refractivity contribution in [2.75, 3.05) is 0 Å². The second kappa shape index (κ2) is 2.98. The van der Waals surface area contributed by atoms with Crippen molar-refractivity contribution < 1.29 is 5.11 Å². The second-order valence-electron chi connectivity index (χ2n) is 2.03. The topological polar surface area (TPSA) is 41.0 Å². The van der Waals surface area contributed by atoms with Crippen molar-refractivity contribution in [1.29, 1.82) is 0 Å². The van der Waals surface area contributed by atoms with Gasteiger partial charge in [-0.05, 0) is 19.1 Å². The minimum absolute atomic E-state index is 0.0244. The molecule has 0 aromatic carbocycles. The largest absolute Gasteiger partial charge is 0.390 e. The molecular formula is C6H10N2OS. The highest BCUT2D eigenvalue weighted by Crippen LogP contribution is 1.97. The maximum atomic E-state index is 8.68. The standard InChI is InChI=1S/C6H10N2OS/c1-2-8-3-5(4-9)7-6(8)10/h3,9H,2,4H2,1H3,(H,7,10). The highest BCUT2D eigenvalue weighted by atomic mass is 32.1. The Bertz CT molecular complexity index is 263. The van der Waals surface area contributed by atoms with Crippen LogP contribution in [0.3, 0.4) is 0 Å². The molecule has 0 fully saturated rings. The molecule has 1 heterocycles. The summed E-state index contributed by atoms with van der Waals surface area (Å²) >= 11 is 4.93. The molecule has 0 radical (unpaired) electrons. The smallest absolute Gasteiger partial charge is 0.177 e. The molecule has 1 rings (SSSR count). The average Bonchev–Trinajstić information content (AvgIpc) is 2.30. The second-order valence-corrected chi connectivity index (χ2v) is 2.42. The first-order valence-electron chi connectivity index (χ1n) is 3.17. The van der Waals surface area contributed by atoms with Crippen LogP contribution in [0.1, 0.15) is 12.6 Å². The monoisotopic (exact) mass is 158 g/mol. The minimum Gasteiger partial charge on any atom is -0.390 e. The van der Waals surface area contributed by atoms with E-state index in [1.807, 2.05) is 17.7 Å². The number of aliphatic hydroxyl groups excluding tert-OH is 1.